The molecule has 0 aliphatic carbocycles. The molecule has 1 fully saturated rings. The van der Waals surface area contributed by atoms with E-state index in [0.29, 0.717) is 27.8 Å². The van der Waals surface area contributed by atoms with E-state index in [1.165, 1.54) is 34.2 Å². The Morgan fingerprint density at radius 2 is 1.97 bits per heavy atom. The number of benzene rings is 1. The summed E-state index contributed by atoms with van der Waals surface area (Å²) in [5, 5.41) is 11.8. The van der Waals surface area contributed by atoms with Crippen molar-refractivity contribution < 1.29 is 23.5 Å². The van der Waals surface area contributed by atoms with Crippen molar-refractivity contribution in [1.82, 2.24) is 10.4 Å². The SMILES string of the molecule is O=C(O)CCCCCNN1C(=O)C(=Cc2cc(-c3ccc(F)c(F)c3)cs2)SC1=S. The molecule has 2 N–H and O–H groups in total. The molecule has 1 aromatic carbocycles. The largest absolute Gasteiger partial charge is 0.481 e. The lowest BCUT2D eigenvalue weighted by Crippen LogP contribution is -2.41. The van der Waals surface area contributed by atoms with Gasteiger partial charge >= 0.3 is 5.97 Å². The summed E-state index contributed by atoms with van der Waals surface area (Å²) in [7, 11) is 0. The summed E-state index contributed by atoms with van der Waals surface area (Å²) in [6.45, 7) is 0.513. The number of thiophene rings is 1. The lowest BCUT2D eigenvalue weighted by Gasteiger charge is -2.15. The van der Waals surface area contributed by atoms with Crippen molar-refractivity contribution in [3.63, 3.8) is 0 Å². The number of nitrogens with zero attached hydrogens (tertiary/aromatic N) is 1. The van der Waals surface area contributed by atoms with Crippen LogP contribution in [0, 0.1) is 11.6 Å². The molecule has 3 rings (SSSR count). The lowest BCUT2D eigenvalue weighted by atomic mass is 10.1. The third-order valence-electron chi connectivity index (χ3n) is 4.28. The summed E-state index contributed by atoms with van der Waals surface area (Å²) in [5.74, 6) is -2.87. The van der Waals surface area contributed by atoms with Crippen LogP contribution in [0.5, 0.6) is 0 Å². The van der Waals surface area contributed by atoms with Gasteiger partial charge in [-0.3, -0.25) is 9.59 Å². The van der Waals surface area contributed by atoms with Gasteiger partial charge in [0.15, 0.2) is 16.0 Å². The summed E-state index contributed by atoms with van der Waals surface area (Å²) >= 11 is 7.84. The van der Waals surface area contributed by atoms with E-state index in [4.69, 9.17) is 17.3 Å². The average Bonchev–Trinajstić information content (AvgIpc) is 3.26. The van der Waals surface area contributed by atoms with Gasteiger partial charge < -0.3 is 5.11 Å². The van der Waals surface area contributed by atoms with E-state index in [2.05, 4.69) is 5.43 Å². The van der Waals surface area contributed by atoms with E-state index >= 15 is 0 Å². The molecule has 0 saturated carbocycles. The number of hydrazine groups is 1. The second-order valence-corrected chi connectivity index (χ2v) is 9.11. The summed E-state index contributed by atoms with van der Waals surface area (Å²) in [6, 6.07) is 5.53. The van der Waals surface area contributed by atoms with Crippen LogP contribution in [-0.2, 0) is 9.59 Å². The highest BCUT2D eigenvalue weighted by molar-refractivity contribution is 8.26. The summed E-state index contributed by atoms with van der Waals surface area (Å²) in [4.78, 5) is 24.4. The van der Waals surface area contributed by atoms with Crippen molar-refractivity contribution in [2.24, 2.45) is 0 Å². The Bertz CT molecular complexity index is 1010. The number of aliphatic carboxylic acids is 1. The van der Waals surface area contributed by atoms with Gasteiger partial charge in [-0.2, -0.15) is 0 Å². The normalized spacial score (nSPS) is 15.4. The monoisotopic (exact) mass is 468 g/mol. The Balaban J connectivity index is 1.59. The Kier molecular flexibility index (Phi) is 7.70. The molecule has 1 amide bonds. The molecule has 0 unspecified atom stereocenters. The van der Waals surface area contributed by atoms with Crippen LogP contribution in [0.3, 0.4) is 0 Å². The maximum Gasteiger partial charge on any atom is 0.303 e. The predicted molar refractivity (Wildman–Crippen MR) is 119 cm³/mol. The standard InChI is InChI=1S/C20H18F2N2O3S3/c21-15-6-5-12(9-16(15)22)13-8-14(29-11-13)10-17-19(27)24(20(28)30-17)23-7-3-1-2-4-18(25)26/h5-6,8-11,23H,1-4,7H2,(H,25,26). The molecule has 5 nitrogen and oxygen atoms in total. The van der Waals surface area contributed by atoms with Crippen LogP contribution < -0.4 is 5.43 Å². The molecule has 30 heavy (non-hydrogen) atoms. The first-order valence-electron chi connectivity index (χ1n) is 9.12. The van der Waals surface area contributed by atoms with Gasteiger partial charge in [-0.15, -0.1) is 11.3 Å². The maximum atomic E-state index is 13.5. The van der Waals surface area contributed by atoms with Crippen molar-refractivity contribution in [3.05, 3.63) is 51.1 Å². The van der Waals surface area contributed by atoms with E-state index in [9.17, 15) is 18.4 Å². The van der Waals surface area contributed by atoms with Gasteiger partial charge in [0.2, 0.25) is 0 Å². The molecule has 10 heteroatoms. The van der Waals surface area contributed by atoms with Gasteiger partial charge in [-0.05, 0) is 53.6 Å². The van der Waals surface area contributed by atoms with Crippen molar-refractivity contribution in [1.29, 1.82) is 0 Å². The predicted octanol–water partition coefficient (Wildman–Crippen LogP) is 5.04. The number of unbranched alkanes of at least 4 members (excludes halogenated alkanes) is 2. The molecular weight excluding hydrogens is 450 g/mol. The molecule has 0 radical (unpaired) electrons. The van der Waals surface area contributed by atoms with E-state index in [-0.39, 0.29) is 12.3 Å². The Morgan fingerprint density at radius 3 is 2.70 bits per heavy atom. The molecule has 2 aromatic rings. The number of halogens is 2. The highest BCUT2D eigenvalue weighted by atomic mass is 32.2. The van der Waals surface area contributed by atoms with Gasteiger partial charge in [-0.1, -0.05) is 36.5 Å². The maximum absolute atomic E-state index is 13.5. The fourth-order valence-electron chi connectivity index (χ4n) is 2.76. The summed E-state index contributed by atoms with van der Waals surface area (Å²) in [6.07, 6.45) is 3.92. The Morgan fingerprint density at radius 1 is 1.17 bits per heavy atom. The summed E-state index contributed by atoms with van der Waals surface area (Å²) in [5.41, 5.74) is 4.28. The van der Waals surface area contributed by atoms with Crippen molar-refractivity contribution in [2.75, 3.05) is 6.54 Å². The molecule has 1 aliphatic heterocycles. The third kappa shape index (κ3) is 5.72. The molecule has 1 aromatic heterocycles. The van der Waals surface area contributed by atoms with Crippen molar-refractivity contribution in [2.45, 2.75) is 25.7 Å². The number of amides is 1. The van der Waals surface area contributed by atoms with Crippen LogP contribution >= 0.6 is 35.3 Å². The number of hydrogen-bond donors (Lipinski definition) is 2. The van der Waals surface area contributed by atoms with Gasteiger partial charge in [0.1, 0.15) is 0 Å². The van der Waals surface area contributed by atoms with Crippen molar-refractivity contribution in [3.8, 4) is 11.1 Å². The number of carboxylic acids is 1. The smallest absolute Gasteiger partial charge is 0.303 e. The van der Waals surface area contributed by atoms with E-state index < -0.39 is 17.6 Å². The number of carboxylic acid groups (broad SMARTS) is 1. The minimum atomic E-state index is -0.907. The minimum Gasteiger partial charge on any atom is -0.481 e. The molecule has 0 spiro atoms. The Hall–Kier alpha value is -2.14. The number of carbonyl (C=O) groups excluding carboxylic acids is 1. The van der Waals surface area contributed by atoms with E-state index in [1.54, 1.807) is 12.1 Å². The first-order valence-corrected chi connectivity index (χ1v) is 11.2. The number of rotatable bonds is 9. The van der Waals surface area contributed by atoms with E-state index in [1.807, 2.05) is 5.38 Å². The average molecular weight is 469 g/mol. The Labute approximate surface area is 185 Å². The number of carbonyl (C=O) groups is 2. The highest BCUT2D eigenvalue weighted by Crippen LogP contribution is 2.34. The van der Waals surface area contributed by atoms with Crippen LogP contribution in [0.1, 0.15) is 30.6 Å². The van der Waals surface area contributed by atoms with Crippen LogP contribution in [0.4, 0.5) is 8.78 Å². The van der Waals surface area contributed by atoms with Gasteiger partial charge in [0.05, 0.1) is 4.91 Å². The molecule has 1 saturated heterocycles. The van der Waals surface area contributed by atoms with Crippen LogP contribution in [0.2, 0.25) is 0 Å². The first kappa shape index (κ1) is 22.5. The number of hydrogen-bond acceptors (Lipinski definition) is 6. The first-order chi connectivity index (χ1) is 14.3. The second-order valence-electron chi connectivity index (χ2n) is 6.50. The molecule has 158 valence electrons. The molecular formula is C20H18F2N2O3S3. The number of thioether (sulfide) groups is 1. The van der Waals surface area contributed by atoms with Crippen LogP contribution in [0.25, 0.3) is 17.2 Å². The molecule has 0 bridgehead atoms. The number of nitrogens with one attached hydrogen (secondary N) is 1. The highest BCUT2D eigenvalue weighted by Gasteiger charge is 2.32. The summed E-state index contributed by atoms with van der Waals surface area (Å²) < 4.78 is 27.0. The second kappa shape index (κ2) is 10.3. The lowest BCUT2D eigenvalue weighted by molar-refractivity contribution is -0.137. The van der Waals surface area contributed by atoms with Crippen LogP contribution in [-0.4, -0.2) is 32.9 Å². The van der Waals surface area contributed by atoms with E-state index in [0.717, 1.165) is 35.4 Å². The van der Waals surface area contributed by atoms with Gasteiger partial charge in [0, 0.05) is 17.8 Å². The van der Waals surface area contributed by atoms with Crippen LogP contribution in [0.15, 0.2) is 34.6 Å². The zero-order valence-electron chi connectivity index (χ0n) is 15.7. The molecule has 1 aliphatic rings. The third-order valence-corrected chi connectivity index (χ3v) is 6.46. The van der Waals surface area contributed by atoms with Gasteiger partial charge in [-0.25, -0.2) is 19.2 Å². The molecule has 2 heterocycles. The zero-order valence-corrected chi connectivity index (χ0v) is 18.1. The quantitative estimate of drug-likeness (QED) is 0.305. The van der Waals surface area contributed by atoms with Gasteiger partial charge in [0.25, 0.3) is 5.91 Å². The fourth-order valence-corrected chi connectivity index (χ4v) is 4.89. The fraction of sp³-hybridized carbons (Fsp3) is 0.250. The topological polar surface area (TPSA) is 69.6 Å². The zero-order chi connectivity index (χ0) is 21.7. The minimum absolute atomic E-state index is 0.136. The number of thiocarbonyl (C=S) groups is 1. The molecule has 0 atom stereocenters. The van der Waals surface area contributed by atoms with Crippen molar-refractivity contribution >= 4 is 57.6 Å².